The predicted octanol–water partition coefficient (Wildman–Crippen LogP) is 6.34. The number of hydrogen-bond acceptors (Lipinski definition) is 8. The molecule has 0 amide bonds. The number of piperidine rings is 1. The first-order valence-corrected chi connectivity index (χ1v) is 14.1. The standard InChI is InChI=1S/C32H37FN6O2/c1-31(2)17-24(18-32(3,4)38(31)5)39(20-23-11-10-21-8-6-7-9-26(21)35-23)29-25(33)19-34-30(37-29)36-22-12-13-27-28(16-22)41-15-14-40-27/h6-13,16,19,24H,14-15,17-18,20H2,1-5H3,(H,34,36,37). The van der Waals surface area contributed by atoms with Gasteiger partial charge in [0.25, 0.3) is 0 Å². The van der Waals surface area contributed by atoms with Crippen LogP contribution in [0.25, 0.3) is 10.9 Å². The maximum Gasteiger partial charge on any atom is 0.229 e. The van der Waals surface area contributed by atoms with Gasteiger partial charge in [0, 0.05) is 34.3 Å². The highest BCUT2D eigenvalue weighted by atomic mass is 19.1. The molecule has 41 heavy (non-hydrogen) atoms. The van der Waals surface area contributed by atoms with Gasteiger partial charge in [0.05, 0.1) is 24.0 Å². The fourth-order valence-corrected chi connectivity index (χ4v) is 6.16. The van der Waals surface area contributed by atoms with Gasteiger partial charge in [-0.3, -0.25) is 9.88 Å². The van der Waals surface area contributed by atoms with Crippen molar-refractivity contribution in [2.75, 3.05) is 30.5 Å². The number of benzene rings is 2. The SMILES string of the molecule is CN1C(C)(C)CC(N(Cc2ccc3ccccc3n2)c2nc(Nc3ccc4c(c3)OCCO4)ncc2F)CC1(C)C. The normalized spacial score (nSPS) is 18.3. The second-order valence-corrected chi connectivity index (χ2v) is 12.2. The second kappa shape index (κ2) is 10.4. The number of para-hydroxylation sites is 1. The van der Waals surface area contributed by atoms with E-state index in [4.69, 9.17) is 19.4 Å². The third-order valence-corrected chi connectivity index (χ3v) is 8.51. The van der Waals surface area contributed by atoms with Gasteiger partial charge in [-0.1, -0.05) is 24.3 Å². The summed E-state index contributed by atoms with van der Waals surface area (Å²) in [6, 6.07) is 17.7. The Hall–Kier alpha value is -3.98. The Bertz CT molecular complexity index is 1560. The molecular formula is C32H37FN6O2. The molecule has 214 valence electrons. The Morgan fingerprint density at radius 2 is 1.68 bits per heavy atom. The fourth-order valence-electron chi connectivity index (χ4n) is 6.16. The Balaban J connectivity index is 1.37. The molecule has 4 aromatic rings. The second-order valence-electron chi connectivity index (χ2n) is 12.2. The molecule has 0 atom stereocenters. The van der Waals surface area contributed by atoms with Crippen LogP contribution in [0.2, 0.25) is 0 Å². The molecule has 0 bridgehead atoms. The van der Waals surface area contributed by atoms with Gasteiger partial charge in [-0.15, -0.1) is 0 Å². The van der Waals surface area contributed by atoms with Crippen molar-refractivity contribution in [3.05, 3.63) is 72.3 Å². The quantitative estimate of drug-likeness (QED) is 0.295. The average Bonchev–Trinajstić information content (AvgIpc) is 2.95. The van der Waals surface area contributed by atoms with Crippen molar-refractivity contribution in [2.24, 2.45) is 0 Å². The first kappa shape index (κ1) is 27.2. The number of halogens is 1. The number of likely N-dealkylation sites (tertiary alicyclic amines) is 1. The lowest BCUT2D eigenvalue weighted by molar-refractivity contribution is -0.0132. The van der Waals surface area contributed by atoms with Crippen LogP contribution in [0, 0.1) is 5.82 Å². The number of anilines is 3. The minimum atomic E-state index is -0.465. The van der Waals surface area contributed by atoms with Gasteiger partial charge < -0.3 is 19.7 Å². The number of hydrogen-bond donors (Lipinski definition) is 1. The van der Waals surface area contributed by atoms with Gasteiger partial charge in [0.15, 0.2) is 23.1 Å². The average molecular weight is 557 g/mol. The van der Waals surface area contributed by atoms with Crippen molar-refractivity contribution in [1.29, 1.82) is 0 Å². The summed E-state index contributed by atoms with van der Waals surface area (Å²) in [6.45, 7) is 10.4. The molecule has 0 unspecified atom stereocenters. The van der Waals surface area contributed by atoms with E-state index in [-0.39, 0.29) is 22.9 Å². The lowest BCUT2D eigenvalue weighted by Gasteiger charge is -2.55. The maximum absolute atomic E-state index is 15.7. The summed E-state index contributed by atoms with van der Waals surface area (Å²) >= 11 is 0. The summed E-state index contributed by atoms with van der Waals surface area (Å²) in [6.07, 6.45) is 2.93. The number of nitrogens with zero attached hydrogens (tertiary/aromatic N) is 5. The molecule has 2 aliphatic heterocycles. The minimum Gasteiger partial charge on any atom is -0.486 e. The zero-order valence-corrected chi connectivity index (χ0v) is 24.3. The Morgan fingerprint density at radius 3 is 2.46 bits per heavy atom. The number of aromatic nitrogens is 3. The summed E-state index contributed by atoms with van der Waals surface area (Å²) < 4.78 is 27.1. The molecule has 8 nitrogen and oxygen atoms in total. The summed E-state index contributed by atoms with van der Waals surface area (Å²) in [5, 5.41) is 4.30. The van der Waals surface area contributed by atoms with E-state index in [2.05, 4.69) is 60.9 Å². The van der Waals surface area contributed by atoms with Gasteiger partial charge in [-0.25, -0.2) is 9.37 Å². The zero-order valence-electron chi connectivity index (χ0n) is 24.3. The molecule has 0 radical (unpaired) electrons. The fraction of sp³-hybridized carbons (Fsp3) is 0.406. The van der Waals surface area contributed by atoms with Crippen molar-refractivity contribution < 1.29 is 13.9 Å². The van der Waals surface area contributed by atoms with Crippen LogP contribution in [0.4, 0.5) is 21.8 Å². The molecule has 2 aliphatic rings. The lowest BCUT2D eigenvalue weighted by Crippen LogP contribution is -2.62. The van der Waals surface area contributed by atoms with Crippen LogP contribution in [-0.2, 0) is 6.54 Å². The minimum absolute atomic E-state index is 0.0241. The van der Waals surface area contributed by atoms with Crippen LogP contribution in [0.3, 0.4) is 0 Å². The van der Waals surface area contributed by atoms with Crippen LogP contribution in [0.5, 0.6) is 11.5 Å². The van der Waals surface area contributed by atoms with Gasteiger partial charge in [0.2, 0.25) is 5.95 Å². The molecular weight excluding hydrogens is 519 g/mol. The van der Waals surface area contributed by atoms with E-state index < -0.39 is 5.82 Å². The molecule has 0 spiro atoms. The molecule has 4 heterocycles. The number of rotatable bonds is 6. The van der Waals surface area contributed by atoms with E-state index in [1.807, 2.05) is 48.5 Å². The van der Waals surface area contributed by atoms with E-state index in [9.17, 15) is 0 Å². The zero-order chi connectivity index (χ0) is 28.8. The largest absolute Gasteiger partial charge is 0.486 e. The highest BCUT2D eigenvalue weighted by Crippen LogP contribution is 2.41. The Labute approximate surface area is 240 Å². The molecule has 6 rings (SSSR count). The first-order chi connectivity index (χ1) is 19.6. The predicted molar refractivity (Wildman–Crippen MR) is 160 cm³/mol. The summed E-state index contributed by atoms with van der Waals surface area (Å²) in [4.78, 5) is 18.4. The van der Waals surface area contributed by atoms with Gasteiger partial charge >= 0.3 is 0 Å². The van der Waals surface area contributed by atoms with Crippen LogP contribution in [0.1, 0.15) is 46.2 Å². The first-order valence-electron chi connectivity index (χ1n) is 14.1. The molecule has 2 aromatic carbocycles. The molecule has 1 saturated heterocycles. The highest BCUT2D eigenvalue weighted by Gasteiger charge is 2.45. The van der Waals surface area contributed by atoms with Gasteiger partial charge in [-0.05, 0) is 71.8 Å². The van der Waals surface area contributed by atoms with Crippen molar-refractivity contribution in [1.82, 2.24) is 19.9 Å². The Morgan fingerprint density at radius 1 is 0.951 bits per heavy atom. The van der Waals surface area contributed by atoms with Gasteiger partial charge in [-0.2, -0.15) is 4.98 Å². The molecule has 2 aromatic heterocycles. The number of nitrogens with one attached hydrogen (secondary N) is 1. The molecule has 9 heteroatoms. The summed E-state index contributed by atoms with van der Waals surface area (Å²) in [5.41, 5.74) is 2.31. The van der Waals surface area contributed by atoms with E-state index in [1.165, 1.54) is 6.20 Å². The van der Waals surface area contributed by atoms with Crippen molar-refractivity contribution in [3.8, 4) is 11.5 Å². The summed E-state index contributed by atoms with van der Waals surface area (Å²) in [5.74, 6) is 1.46. The van der Waals surface area contributed by atoms with Crippen LogP contribution < -0.4 is 19.7 Å². The summed E-state index contributed by atoms with van der Waals surface area (Å²) in [7, 11) is 2.17. The number of fused-ring (bicyclic) bond motifs is 2. The topological polar surface area (TPSA) is 75.6 Å². The lowest BCUT2D eigenvalue weighted by atomic mass is 9.77. The highest BCUT2D eigenvalue weighted by molar-refractivity contribution is 5.78. The smallest absolute Gasteiger partial charge is 0.229 e. The number of pyridine rings is 1. The molecule has 1 N–H and O–H groups in total. The van der Waals surface area contributed by atoms with Crippen LogP contribution >= 0.6 is 0 Å². The van der Waals surface area contributed by atoms with E-state index >= 15 is 4.39 Å². The van der Waals surface area contributed by atoms with Crippen molar-refractivity contribution in [2.45, 2.75) is 64.2 Å². The van der Waals surface area contributed by atoms with E-state index in [0.717, 1.165) is 35.1 Å². The van der Waals surface area contributed by atoms with Crippen molar-refractivity contribution >= 4 is 28.4 Å². The molecule has 0 aliphatic carbocycles. The third kappa shape index (κ3) is 5.51. The van der Waals surface area contributed by atoms with Crippen LogP contribution in [0.15, 0.2) is 60.8 Å². The maximum atomic E-state index is 15.7. The monoisotopic (exact) mass is 556 g/mol. The van der Waals surface area contributed by atoms with E-state index in [0.29, 0.717) is 37.2 Å². The number of ether oxygens (including phenoxy) is 2. The Kier molecular flexibility index (Phi) is 6.93. The van der Waals surface area contributed by atoms with Gasteiger partial charge in [0.1, 0.15) is 13.2 Å². The van der Waals surface area contributed by atoms with Crippen molar-refractivity contribution in [3.63, 3.8) is 0 Å². The molecule has 1 fully saturated rings. The van der Waals surface area contributed by atoms with E-state index in [1.54, 1.807) is 0 Å². The molecule has 0 saturated carbocycles. The third-order valence-electron chi connectivity index (χ3n) is 8.51. The van der Waals surface area contributed by atoms with Crippen LogP contribution in [-0.4, -0.2) is 57.2 Å².